The van der Waals surface area contributed by atoms with Crippen molar-refractivity contribution < 1.29 is 4.79 Å². The maximum Gasteiger partial charge on any atom is 0.241 e. The molecule has 0 aliphatic carbocycles. The van der Waals surface area contributed by atoms with Crippen LogP contribution in [0.25, 0.3) is 0 Å². The van der Waals surface area contributed by atoms with Crippen molar-refractivity contribution in [2.75, 3.05) is 12.4 Å². The summed E-state index contributed by atoms with van der Waals surface area (Å²) in [5.74, 6) is -0.118. The van der Waals surface area contributed by atoms with Gasteiger partial charge in [-0.25, -0.2) is 4.98 Å². The highest BCUT2D eigenvalue weighted by atomic mass is 35.5. The summed E-state index contributed by atoms with van der Waals surface area (Å²) in [6.45, 7) is 4.49. The Labute approximate surface area is 144 Å². The molecule has 1 N–H and O–H groups in total. The Morgan fingerprint density at radius 1 is 1.45 bits per heavy atom. The standard InChI is InChI=1S/C15H17Cl2N3OS/c1-9(20(3)8-12-7-18-10(2)22-12)15(21)19-14-5-4-11(16)6-13(14)17/h4-7,9H,8H2,1-3H3,(H,19,21). The maximum atomic E-state index is 12.3. The van der Waals surface area contributed by atoms with Crippen LogP contribution < -0.4 is 5.32 Å². The van der Waals surface area contributed by atoms with Crippen LogP contribution in [0.4, 0.5) is 5.69 Å². The van der Waals surface area contributed by atoms with Gasteiger partial charge in [0.05, 0.1) is 21.8 Å². The van der Waals surface area contributed by atoms with E-state index in [1.807, 2.05) is 32.0 Å². The summed E-state index contributed by atoms with van der Waals surface area (Å²) in [7, 11) is 1.91. The van der Waals surface area contributed by atoms with E-state index in [9.17, 15) is 4.79 Å². The highest BCUT2D eigenvalue weighted by Gasteiger charge is 2.19. The summed E-state index contributed by atoms with van der Waals surface area (Å²) in [6, 6.07) is 4.70. The van der Waals surface area contributed by atoms with Crippen LogP contribution in [0.15, 0.2) is 24.4 Å². The second kappa shape index (κ2) is 7.42. The number of nitrogens with one attached hydrogen (secondary N) is 1. The molecule has 7 heteroatoms. The van der Waals surface area contributed by atoms with Crippen LogP contribution in [0.5, 0.6) is 0 Å². The minimum Gasteiger partial charge on any atom is -0.323 e. The summed E-state index contributed by atoms with van der Waals surface area (Å²) in [6.07, 6.45) is 1.84. The van der Waals surface area contributed by atoms with Gasteiger partial charge in [-0.3, -0.25) is 9.69 Å². The average molecular weight is 358 g/mol. The largest absolute Gasteiger partial charge is 0.323 e. The van der Waals surface area contributed by atoms with Gasteiger partial charge in [0.2, 0.25) is 5.91 Å². The molecule has 0 saturated heterocycles. The number of aryl methyl sites for hydroxylation is 1. The van der Waals surface area contributed by atoms with Gasteiger partial charge in [0.1, 0.15) is 0 Å². The van der Waals surface area contributed by atoms with E-state index in [2.05, 4.69) is 10.3 Å². The molecule has 1 aromatic heterocycles. The lowest BCUT2D eigenvalue weighted by molar-refractivity contribution is -0.120. The van der Waals surface area contributed by atoms with E-state index in [-0.39, 0.29) is 11.9 Å². The van der Waals surface area contributed by atoms with Crippen molar-refractivity contribution in [1.82, 2.24) is 9.88 Å². The second-order valence-corrected chi connectivity index (χ2v) is 7.21. The summed E-state index contributed by atoms with van der Waals surface area (Å²) in [5, 5.41) is 4.81. The monoisotopic (exact) mass is 357 g/mol. The molecule has 0 radical (unpaired) electrons. The molecule has 0 fully saturated rings. The highest BCUT2D eigenvalue weighted by molar-refractivity contribution is 7.11. The Hall–Kier alpha value is -1.14. The lowest BCUT2D eigenvalue weighted by Crippen LogP contribution is -2.39. The molecule has 0 spiro atoms. The maximum absolute atomic E-state index is 12.3. The average Bonchev–Trinajstić information content (AvgIpc) is 2.86. The molecule has 0 aliphatic heterocycles. The van der Waals surface area contributed by atoms with Crippen LogP contribution in [0.1, 0.15) is 16.8 Å². The van der Waals surface area contributed by atoms with Gasteiger partial charge >= 0.3 is 0 Å². The molecule has 1 heterocycles. The van der Waals surface area contributed by atoms with Crippen molar-refractivity contribution in [3.05, 3.63) is 44.3 Å². The minimum atomic E-state index is -0.297. The quantitative estimate of drug-likeness (QED) is 0.871. The van der Waals surface area contributed by atoms with Gasteiger partial charge in [-0.15, -0.1) is 11.3 Å². The van der Waals surface area contributed by atoms with E-state index in [4.69, 9.17) is 23.2 Å². The number of hydrogen-bond acceptors (Lipinski definition) is 4. The molecule has 118 valence electrons. The van der Waals surface area contributed by atoms with Gasteiger partial charge in [0, 0.05) is 22.6 Å². The van der Waals surface area contributed by atoms with E-state index in [0.717, 1.165) is 9.88 Å². The number of likely N-dealkylation sites (N-methyl/N-ethyl adjacent to an activating group) is 1. The highest BCUT2D eigenvalue weighted by Crippen LogP contribution is 2.25. The number of thiazole rings is 1. The normalized spacial score (nSPS) is 12.5. The van der Waals surface area contributed by atoms with Crippen LogP contribution in [0.2, 0.25) is 10.0 Å². The van der Waals surface area contributed by atoms with Gasteiger partial charge in [-0.2, -0.15) is 0 Å². The third kappa shape index (κ3) is 4.43. The zero-order chi connectivity index (χ0) is 16.3. The van der Waals surface area contributed by atoms with Crippen molar-refractivity contribution in [3.63, 3.8) is 0 Å². The number of amides is 1. The third-order valence-electron chi connectivity index (χ3n) is 3.30. The number of carbonyl (C=O) groups is 1. The number of nitrogens with zero attached hydrogens (tertiary/aromatic N) is 2. The Morgan fingerprint density at radius 3 is 2.77 bits per heavy atom. The fraction of sp³-hybridized carbons (Fsp3) is 0.333. The zero-order valence-corrected chi connectivity index (χ0v) is 14.9. The number of aromatic nitrogens is 1. The van der Waals surface area contributed by atoms with Crippen LogP contribution in [0, 0.1) is 6.92 Å². The molecule has 0 bridgehead atoms. The fourth-order valence-electron chi connectivity index (χ4n) is 1.89. The summed E-state index contributed by atoms with van der Waals surface area (Å²) in [5.41, 5.74) is 0.560. The first kappa shape index (κ1) is 17.2. The fourth-order valence-corrected chi connectivity index (χ4v) is 3.20. The predicted molar refractivity (Wildman–Crippen MR) is 92.9 cm³/mol. The third-order valence-corrected chi connectivity index (χ3v) is 4.75. The first-order valence-electron chi connectivity index (χ1n) is 6.74. The first-order valence-corrected chi connectivity index (χ1v) is 8.31. The van der Waals surface area contributed by atoms with Crippen LogP contribution in [0.3, 0.4) is 0 Å². The van der Waals surface area contributed by atoms with Gasteiger partial charge < -0.3 is 5.32 Å². The SMILES string of the molecule is Cc1ncc(CN(C)C(C)C(=O)Nc2ccc(Cl)cc2Cl)s1. The lowest BCUT2D eigenvalue weighted by atomic mass is 10.2. The Morgan fingerprint density at radius 2 is 2.18 bits per heavy atom. The van der Waals surface area contributed by atoms with Crippen molar-refractivity contribution >= 4 is 46.1 Å². The van der Waals surface area contributed by atoms with Crippen molar-refractivity contribution in [2.45, 2.75) is 26.4 Å². The number of hydrogen-bond donors (Lipinski definition) is 1. The van der Waals surface area contributed by atoms with E-state index < -0.39 is 0 Å². The summed E-state index contributed by atoms with van der Waals surface area (Å²) in [4.78, 5) is 19.6. The van der Waals surface area contributed by atoms with Gasteiger partial charge in [-0.05, 0) is 39.1 Å². The topological polar surface area (TPSA) is 45.2 Å². The molecule has 0 saturated carbocycles. The lowest BCUT2D eigenvalue weighted by Gasteiger charge is -2.23. The molecule has 4 nitrogen and oxygen atoms in total. The number of rotatable bonds is 5. The van der Waals surface area contributed by atoms with Crippen LogP contribution >= 0.6 is 34.5 Å². The van der Waals surface area contributed by atoms with Crippen LogP contribution in [-0.4, -0.2) is 28.9 Å². The molecule has 2 rings (SSSR count). The zero-order valence-electron chi connectivity index (χ0n) is 12.6. The number of carbonyl (C=O) groups excluding carboxylic acids is 1. The molecule has 1 atom stereocenters. The molecular formula is C15H17Cl2N3OS. The minimum absolute atomic E-state index is 0.118. The van der Waals surface area contributed by atoms with Crippen molar-refractivity contribution in [3.8, 4) is 0 Å². The molecule has 0 aliphatic rings. The number of anilines is 1. The van der Waals surface area contributed by atoms with E-state index in [1.165, 1.54) is 0 Å². The van der Waals surface area contributed by atoms with E-state index in [1.54, 1.807) is 29.5 Å². The molecule has 2 aromatic rings. The van der Waals surface area contributed by atoms with Gasteiger partial charge in [0.15, 0.2) is 0 Å². The van der Waals surface area contributed by atoms with E-state index >= 15 is 0 Å². The second-order valence-electron chi connectivity index (χ2n) is 5.05. The molecular weight excluding hydrogens is 341 g/mol. The van der Waals surface area contributed by atoms with Gasteiger partial charge in [0.25, 0.3) is 0 Å². The molecule has 1 unspecified atom stereocenters. The Bertz CT molecular complexity index is 675. The summed E-state index contributed by atoms with van der Waals surface area (Å²) < 4.78 is 0. The number of benzene rings is 1. The molecule has 1 amide bonds. The predicted octanol–water partition coefficient (Wildman–Crippen LogP) is 4.22. The van der Waals surface area contributed by atoms with Crippen LogP contribution in [-0.2, 0) is 11.3 Å². The molecule has 22 heavy (non-hydrogen) atoms. The van der Waals surface area contributed by atoms with Crippen molar-refractivity contribution in [2.24, 2.45) is 0 Å². The Balaban J connectivity index is 1.98. The Kier molecular flexibility index (Phi) is 5.81. The number of halogens is 2. The van der Waals surface area contributed by atoms with E-state index in [0.29, 0.717) is 22.3 Å². The molecule has 1 aromatic carbocycles. The van der Waals surface area contributed by atoms with Crippen molar-refractivity contribution in [1.29, 1.82) is 0 Å². The van der Waals surface area contributed by atoms with Gasteiger partial charge in [-0.1, -0.05) is 23.2 Å². The first-order chi connectivity index (χ1) is 10.4. The smallest absolute Gasteiger partial charge is 0.241 e. The summed E-state index contributed by atoms with van der Waals surface area (Å²) >= 11 is 13.6.